The Balaban J connectivity index is 2.19. The molecule has 0 unspecified atom stereocenters. The molecule has 0 radical (unpaired) electrons. The summed E-state index contributed by atoms with van der Waals surface area (Å²) < 4.78 is 5.38. The van der Waals surface area contributed by atoms with Crippen molar-refractivity contribution in [3.63, 3.8) is 0 Å². The number of furan rings is 1. The van der Waals surface area contributed by atoms with Gasteiger partial charge in [-0.3, -0.25) is 19.9 Å². The van der Waals surface area contributed by atoms with Crippen molar-refractivity contribution in [3.8, 4) is 0 Å². The van der Waals surface area contributed by atoms with Gasteiger partial charge in [0.25, 0.3) is 0 Å². The molecule has 110 valence electrons. The second-order valence-corrected chi connectivity index (χ2v) is 5.40. The molecular weight excluding hydrogens is 260 g/mol. The molecule has 4 N–H and O–H groups in total. The average Bonchev–Trinajstić information content (AvgIpc) is 2.76. The quantitative estimate of drug-likeness (QED) is 0.408. The smallest absolute Gasteiger partial charge is 0.300 e. The molecule has 20 heavy (non-hydrogen) atoms. The molecule has 1 aliphatic rings. The number of hydrogen-bond acceptors (Lipinski definition) is 5. The Bertz CT molecular complexity index is 536. The zero-order valence-corrected chi connectivity index (χ0v) is 11.9. The standard InChI is InChI=1S/C13H20N4O3/c1-8-9(6-10(20-8)11(18)16-14)7-17-5-4-15-12(19)13(17,2)3/h6H,4-5,7,14H2,1-3H3,(H,15,19)(H,16,18). The molecule has 0 bridgehead atoms. The van der Waals surface area contributed by atoms with Crippen LogP contribution < -0.4 is 16.6 Å². The molecule has 1 aromatic rings. The Morgan fingerprint density at radius 1 is 1.60 bits per heavy atom. The minimum atomic E-state index is -0.585. The van der Waals surface area contributed by atoms with Crippen molar-refractivity contribution in [2.24, 2.45) is 5.84 Å². The van der Waals surface area contributed by atoms with Crippen LogP contribution in [0, 0.1) is 6.92 Å². The highest BCUT2D eigenvalue weighted by molar-refractivity contribution is 5.91. The van der Waals surface area contributed by atoms with E-state index in [-0.39, 0.29) is 11.7 Å². The number of nitrogens with two attached hydrogens (primary N) is 1. The third-order valence-electron chi connectivity index (χ3n) is 3.75. The van der Waals surface area contributed by atoms with Crippen molar-refractivity contribution in [2.45, 2.75) is 32.9 Å². The molecule has 7 nitrogen and oxygen atoms in total. The Morgan fingerprint density at radius 3 is 2.95 bits per heavy atom. The van der Waals surface area contributed by atoms with Crippen LogP contribution in [-0.2, 0) is 11.3 Å². The van der Waals surface area contributed by atoms with E-state index in [4.69, 9.17) is 10.3 Å². The summed E-state index contributed by atoms with van der Waals surface area (Å²) in [5, 5.41) is 2.85. The average molecular weight is 280 g/mol. The van der Waals surface area contributed by atoms with Crippen molar-refractivity contribution in [1.29, 1.82) is 0 Å². The molecule has 1 aromatic heterocycles. The van der Waals surface area contributed by atoms with Gasteiger partial charge < -0.3 is 9.73 Å². The topological polar surface area (TPSA) is 101 Å². The fraction of sp³-hybridized carbons (Fsp3) is 0.538. The molecule has 0 aromatic carbocycles. The molecule has 0 saturated carbocycles. The van der Waals surface area contributed by atoms with E-state index in [0.29, 0.717) is 18.8 Å². The summed E-state index contributed by atoms with van der Waals surface area (Å²) in [6.07, 6.45) is 0. The van der Waals surface area contributed by atoms with Gasteiger partial charge in [0.2, 0.25) is 5.91 Å². The first-order valence-electron chi connectivity index (χ1n) is 6.50. The number of rotatable bonds is 3. The summed E-state index contributed by atoms with van der Waals surface area (Å²) in [6, 6.07) is 1.67. The van der Waals surface area contributed by atoms with Crippen LogP contribution in [0.4, 0.5) is 0 Å². The highest BCUT2D eigenvalue weighted by Crippen LogP contribution is 2.23. The highest BCUT2D eigenvalue weighted by atomic mass is 16.4. The van der Waals surface area contributed by atoms with Gasteiger partial charge >= 0.3 is 5.91 Å². The lowest BCUT2D eigenvalue weighted by molar-refractivity contribution is -0.135. The predicted octanol–water partition coefficient (Wildman–Crippen LogP) is -0.0981. The lowest BCUT2D eigenvalue weighted by atomic mass is 9.98. The number of piperazine rings is 1. The molecule has 0 spiro atoms. The third kappa shape index (κ3) is 2.54. The maximum atomic E-state index is 11.9. The fourth-order valence-electron chi connectivity index (χ4n) is 2.29. The third-order valence-corrected chi connectivity index (χ3v) is 3.75. The van der Waals surface area contributed by atoms with Crippen LogP contribution >= 0.6 is 0 Å². The van der Waals surface area contributed by atoms with Gasteiger partial charge in [0.15, 0.2) is 5.76 Å². The molecule has 1 fully saturated rings. The van der Waals surface area contributed by atoms with Gasteiger partial charge in [-0.05, 0) is 26.8 Å². The second-order valence-electron chi connectivity index (χ2n) is 5.40. The van der Waals surface area contributed by atoms with Crippen molar-refractivity contribution < 1.29 is 14.0 Å². The number of aryl methyl sites for hydroxylation is 1. The van der Waals surface area contributed by atoms with Crippen LogP contribution in [0.15, 0.2) is 10.5 Å². The second kappa shape index (κ2) is 5.26. The number of nitrogen functional groups attached to an aromatic ring is 1. The summed E-state index contributed by atoms with van der Waals surface area (Å²) in [7, 11) is 0. The van der Waals surface area contributed by atoms with Crippen LogP contribution in [0.1, 0.15) is 35.7 Å². The van der Waals surface area contributed by atoms with Crippen molar-refractivity contribution in [2.75, 3.05) is 13.1 Å². The van der Waals surface area contributed by atoms with Gasteiger partial charge in [0, 0.05) is 25.2 Å². The molecule has 2 amide bonds. The molecule has 7 heteroatoms. The van der Waals surface area contributed by atoms with E-state index in [2.05, 4.69) is 10.2 Å². The first-order chi connectivity index (χ1) is 9.36. The van der Waals surface area contributed by atoms with Gasteiger partial charge in [0.05, 0.1) is 5.54 Å². The first-order valence-corrected chi connectivity index (χ1v) is 6.50. The minimum Gasteiger partial charge on any atom is -0.456 e. The van der Waals surface area contributed by atoms with E-state index in [9.17, 15) is 9.59 Å². The number of hydrogen-bond donors (Lipinski definition) is 3. The van der Waals surface area contributed by atoms with E-state index in [1.165, 1.54) is 0 Å². The molecular formula is C13H20N4O3. The number of amides is 2. The van der Waals surface area contributed by atoms with E-state index in [1.807, 2.05) is 19.3 Å². The highest BCUT2D eigenvalue weighted by Gasteiger charge is 2.37. The minimum absolute atomic E-state index is 0.00447. The van der Waals surface area contributed by atoms with Crippen LogP contribution in [0.3, 0.4) is 0 Å². The van der Waals surface area contributed by atoms with Crippen LogP contribution in [0.2, 0.25) is 0 Å². The van der Waals surface area contributed by atoms with Crippen molar-refractivity contribution in [3.05, 3.63) is 23.2 Å². The Morgan fingerprint density at radius 2 is 2.30 bits per heavy atom. The van der Waals surface area contributed by atoms with E-state index >= 15 is 0 Å². The van der Waals surface area contributed by atoms with E-state index in [1.54, 1.807) is 13.0 Å². The first kappa shape index (κ1) is 14.5. The molecule has 0 aliphatic carbocycles. The SMILES string of the molecule is Cc1oc(C(=O)NN)cc1CN1CCNC(=O)C1(C)C. The largest absolute Gasteiger partial charge is 0.456 e. The normalized spacial score (nSPS) is 18.7. The number of carbonyl (C=O) groups is 2. The summed E-state index contributed by atoms with van der Waals surface area (Å²) in [4.78, 5) is 25.4. The number of carbonyl (C=O) groups excluding carboxylic acids is 2. The van der Waals surface area contributed by atoms with Gasteiger partial charge in [-0.25, -0.2) is 5.84 Å². The summed E-state index contributed by atoms with van der Waals surface area (Å²) in [5.41, 5.74) is 2.33. The summed E-state index contributed by atoms with van der Waals surface area (Å²) >= 11 is 0. The lowest BCUT2D eigenvalue weighted by Crippen LogP contribution is -2.61. The summed E-state index contributed by atoms with van der Waals surface area (Å²) in [6.45, 7) is 7.47. The zero-order chi connectivity index (χ0) is 14.9. The fourth-order valence-corrected chi connectivity index (χ4v) is 2.29. The van der Waals surface area contributed by atoms with Crippen molar-refractivity contribution >= 4 is 11.8 Å². The lowest BCUT2D eigenvalue weighted by Gasteiger charge is -2.41. The summed E-state index contributed by atoms with van der Waals surface area (Å²) in [5.74, 6) is 5.47. The van der Waals surface area contributed by atoms with Gasteiger partial charge in [-0.2, -0.15) is 0 Å². The Hall–Kier alpha value is -1.86. The van der Waals surface area contributed by atoms with Gasteiger partial charge in [0.1, 0.15) is 5.76 Å². The van der Waals surface area contributed by atoms with Crippen LogP contribution in [0.5, 0.6) is 0 Å². The number of nitrogens with one attached hydrogen (secondary N) is 2. The Labute approximate surface area is 117 Å². The van der Waals surface area contributed by atoms with E-state index < -0.39 is 11.4 Å². The molecule has 1 aliphatic heterocycles. The van der Waals surface area contributed by atoms with E-state index in [0.717, 1.165) is 12.1 Å². The Kier molecular flexibility index (Phi) is 3.82. The van der Waals surface area contributed by atoms with Crippen LogP contribution in [0.25, 0.3) is 0 Å². The monoisotopic (exact) mass is 280 g/mol. The van der Waals surface area contributed by atoms with Crippen molar-refractivity contribution in [1.82, 2.24) is 15.6 Å². The van der Waals surface area contributed by atoms with Crippen LogP contribution in [-0.4, -0.2) is 35.3 Å². The molecule has 2 rings (SSSR count). The predicted molar refractivity (Wildman–Crippen MR) is 72.6 cm³/mol. The van der Waals surface area contributed by atoms with Gasteiger partial charge in [-0.15, -0.1) is 0 Å². The zero-order valence-electron chi connectivity index (χ0n) is 11.9. The number of nitrogens with zero attached hydrogens (tertiary/aromatic N) is 1. The maximum absolute atomic E-state index is 11.9. The molecule has 0 atom stereocenters. The molecule has 1 saturated heterocycles. The maximum Gasteiger partial charge on any atom is 0.300 e. The molecule has 2 heterocycles. The number of hydrazine groups is 1. The van der Waals surface area contributed by atoms with Gasteiger partial charge in [-0.1, -0.05) is 0 Å².